The number of carbonyl (C=O) groups excluding carboxylic acids is 1. The van der Waals surface area contributed by atoms with Gasteiger partial charge in [-0.15, -0.1) is 10.2 Å². The second-order valence-corrected chi connectivity index (χ2v) is 3.87. The Labute approximate surface area is 111 Å². The van der Waals surface area contributed by atoms with E-state index in [1.54, 1.807) is 0 Å². The van der Waals surface area contributed by atoms with Gasteiger partial charge < -0.3 is 5.32 Å². The number of halogens is 1. The lowest BCUT2D eigenvalue weighted by atomic mass is 10.1. The normalized spacial score (nSPS) is 10.2. The molecule has 98 valence electrons. The summed E-state index contributed by atoms with van der Waals surface area (Å²) in [7, 11) is 0. The molecule has 1 heterocycles. The van der Waals surface area contributed by atoms with Crippen LogP contribution in [0.3, 0.4) is 0 Å². The van der Waals surface area contributed by atoms with Gasteiger partial charge in [-0.25, -0.2) is 0 Å². The first-order valence-electron chi connectivity index (χ1n) is 5.02. The van der Waals surface area contributed by atoms with Crippen LogP contribution in [0.5, 0.6) is 0 Å². The number of amides is 1. The number of tetrazole rings is 1. The van der Waals surface area contributed by atoms with Gasteiger partial charge in [-0.1, -0.05) is 16.8 Å². The lowest BCUT2D eigenvalue weighted by Gasteiger charge is -2.04. The van der Waals surface area contributed by atoms with E-state index in [1.165, 1.54) is 18.2 Å². The molecule has 0 aliphatic heterocycles. The molecule has 0 saturated carbocycles. The van der Waals surface area contributed by atoms with Gasteiger partial charge in [-0.3, -0.25) is 14.9 Å². The summed E-state index contributed by atoms with van der Waals surface area (Å²) in [6, 6.07) is 3.74. The summed E-state index contributed by atoms with van der Waals surface area (Å²) < 4.78 is 0. The molecule has 0 atom stereocenters. The Balaban J connectivity index is 2.18. The molecule has 1 aromatic carbocycles. The number of nitrogens with one attached hydrogen (secondary N) is 2. The Hall–Kier alpha value is -2.55. The van der Waals surface area contributed by atoms with Crippen LogP contribution in [0, 0.1) is 10.1 Å². The number of rotatable bonds is 4. The van der Waals surface area contributed by atoms with E-state index in [1.807, 2.05) is 0 Å². The Morgan fingerprint density at radius 1 is 1.53 bits per heavy atom. The van der Waals surface area contributed by atoms with E-state index >= 15 is 0 Å². The predicted octanol–water partition coefficient (Wildman–Crippen LogP) is 0.691. The second kappa shape index (κ2) is 5.40. The zero-order valence-corrected chi connectivity index (χ0v) is 10.1. The molecular formula is C9H7ClN6O3. The van der Waals surface area contributed by atoms with Gasteiger partial charge in [0.15, 0.2) is 5.82 Å². The van der Waals surface area contributed by atoms with Crippen molar-refractivity contribution in [2.24, 2.45) is 0 Å². The predicted molar refractivity (Wildman–Crippen MR) is 63.5 cm³/mol. The lowest BCUT2D eigenvalue weighted by molar-refractivity contribution is -0.385. The number of aromatic nitrogens is 4. The maximum Gasteiger partial charge on any atom is 0.282 e. The van der Waals surface area contributed by atoms with Crippen LogP contribution in [-0.4, -0.2) is 31.5 Å². The fourth-order valence-electron chi connectivity index (χ4n) is 1.36. The van der Waals surface area contributed by atoms with Crippen molar-refractivity contribution in [1.29, 1.82) is 0 Å². The zero-order valence-electron chi connectivity index (χ0n) is 9.33. The van der Waals surface area contributed by atoms with Gasteiger partial charge in [0, 0.05) is 11.1 Å². The number of hydrogen-bond acceptors (Lipinski definition) is 6. The summed E-state index contributed by atoms with van der Waals surface area (Å²) in [5.41, 5.74) is -0.448. The number of nitro benzene ring substituents is 1. The van der Waals surface area contributed by atoms with Gasteiger partial charge in [0.05, 0.1) is 11.5 Å². The summed E-state index contributed by atoms with van der Waals surface area (Å²) in [5, 5.41) is 26.3. The first-order chi connectivity index (χ1) is 9.08. The second-order valence-electron chi connectivity index (χ2n) is 3.43. The number of carbonyl (C=O) groups is 1. The van der Waals surface area contributed by atoms with E-state index in [4.69, 9.17) is 11.6 Å². The van der Waals surface area contributed by atoms with Gasteiger partial charge in [0.25, 0.3) is 11.6 Å². The molecule has 1 aromatic heterocycles. The van der Waals surface area contributed by atoms with Crippen LogP contribution in [0.25, 0.3) is 0 Å². The summed E-state index contributed by atoms with van der Waals surface area (Å²) in [6.07, 6.45) is 0. The highest BCUT2D eigenvalue weighted by atomic mass is 35.5. The smallest absolute Gasteiger partial charge is 0.282 e. The van der Waals surface area contributed by atoms with Crippen LogP contribution in [0.15, 0.2) is 18.2 Å². The van der Waals surface area contributed by atoms with E-state index in [0.29, 0.717) is 0 Å². The van der Waals surface area contributed by atoms with Crippen molar-refractivity contribution >= 4 is 23.2 Å². The quantitative estimate of drug-likeness (QED) is 0.627. The highest BCUT2D eigenvalue weighted by molar-refractivity contribution is 6.31. The topological polar surface area (TPSA) is 127 Å². The van der Waals surface area contributed by atoms with Crippen molar-refractivity contribution < 1.29 is 9.72 Å². The number of H-pyrrole nitrogens is 1. The van der Waals surface area contributed by atoms with Gasteiger partial charge >= 0.3 is 0 Å². The molecule has 0 unspecified atom stereocenters. The molecule has 0 saturated heterocycles. The van der Waals surface area contributed by atoms with E-state index in [0.717, 1.165) is 0 Å². The molecule has 1 amide bonds. The molecular weight excluding hydrogens is 276 g/mol. The average molecular weight is 283 g/mol. The number of hydrogen-bond donors (Lipinski definition) is 2. The van der Waals surface area contributed by atoms with E-state index < -0.39 is 10.8 Å². The van der Waals surface area contributed by atoms with Crippen LogP contribution in [0.4, 0.5) is 5.69 Å². The third kappa shape index (κ3) is 3.01. The fourth-order valence-corrected chi connectivity index (χ4v) is 1.53. The maximum atomic E-state index is 11.9. The Kier molecular flexibility index (Phi) is 3.66. The highest BCUT2D eigenvalue weighted by Gasteiger charge is 2.20. The third-order valence-electron chi connectivity index (χ3n) is 2.20. The largest absolute Gasteiger partial charge is 0.344 e. The molecule has 0 radical (unpaired) electrons. The van der Waals surface area contributed by atoms with E-state index in [2.05, 4.69) is 25.9 Å². The molecule has 2 aromatic rings. The van der Waals surface area contributed by atoms with Crippen molar-refractivity contribution in [2.45, 2.75) is 6.54 Å². The minimum atomic E-state index is -0.653. The minimum absolute atomic E-state index is 0.000991. The first-order valence-corrected chi connectivity index (χ1v) is 5.40. The number of nitro groups is 1. The molecule has 0 bridgehead atoms. The highest BCUT2D eigenvalue weighted by Crippen LogP contribution is 2.22. The van der Waals surface area contributed by atoms with Crippen molar-refractivity contribution in [1.82, 2.24) is 25.9 Å². The van der Waals surface area contributed by atoms with Crippen LogP contribution < -0.4 is 5.32 Å². The molecule has 10 heteroatoms. The monoisotopic (exact) mass is 282 g/mol. The first kappa shape index (κ1) is 12.9. The van der Waals surface area contributed by atoms with E-state index in [-0.39, 0.29) is 28.6 Å². The summed E-state index contributed by atoms with van der Waals surface area (Å²) >= 11 is 5.72. The molecule has 0 spiro atoms. The van der Waals surface area contributed by atoms with Crippen molar-refractivity contribution in [3.05, 3.63) is 44.7 Å². The van der Waals surface area contributed by atoms with Crippen LogP contribution >= 0.6 is 11.6 Å². The van der Waals surface area contributed by atoms with Crippen LogP contribution in [0.2, 0.25) is 5.02 Å². The minimum Gasteiger partial charge on any atom is -0.344 e. The van der Waals surface area contributed by atoms with Crippen molar-refractivity contribution in [3.63, 3.8) is 0 Å². The Morgan fingerprint density at radius 3 is 2.95 bits per heavy atom. The number of aromatic amines is 1. The van der Waals surface area contributed by atoms with Gasteiger partial charge in [0.2, 0.25) is 0 Å². The van der Waals surface area contributed by atoms with E-state index in [9.17, 15) is 14.9 Å². The van der Waals surface area contributed by atoms with Crippen molar-refractivity contribution in [2.75, 3.05) is 0 Å². The Bertz CT molecular complexity index is 614. The molecule has 2 N–H and O–H groups in total. The third-order valence-corrected chi connectivity index (χ3v) is 2.43. The van der Waals surface area contributed by atoms with Gasteiger partial charge in [-0.05, 0) is 12.1 Å². The Morgan fingerprint density at radius 2 is 2.32 bits per heavy atom. The van der Waals surface area contributed by atoms with Gasteiger partial charge in [-0.2, -0.15) is 5.21 Å². The summed E-state index contributed by atoms with van der Waals surface area (Å²) in [5.74, 6) is -0.378. The van der Waals surface area contributed by atoms with Crippen LogP contribution in [-0.2, 0) is 6.54 Å². The maximum absolute atomic E-state index is 11.9. The average Bonchev–Trinajstić information content (AvgIpc) is 2.88. The number of nitrogens with zero attached hydrogens (tertiary/aromatic N) is 4. The molecule has 0 aliphatic carbocycles. The zero-order chi connectivity index (χ0) is 13.8. The molecule has 9 nitrogen and oxygen atoms in total. The SMILES string of the molecule is O=C(NCc1nn[nH]n1)c1cc(Cl)ccc1[N+](=O)[O-]. The van der Waals surface area contributed by atoms with Crippen molar-refractivity contribution in [3.8, 4) is 0 Å². The molecule has 2 rings (SSSR count). The summed E-state index contributed by atoms with van der Waals surface area (Å²) in [4.78, 5) is 22.0. The standard InChI is InChI=1S/C9H7ClN6O3/c10-5-1-2-7(16(18)19)6(3-5)9(17)11-4-8-12-14-15-13-8/h1-3H,4H2,(H,11,17)(H,12,13,14,15). The molecule has 19 heavy (non-hydrogen) atoms. The van der Waals surface area contributed by atoms with Gasteiger partial charge in [0.1, 0.15) is 5.56 Å². The van der Waals surface area contributed by atoms with Crippen LogP contribution in [0.1, 0.15) is 16.2 Å². The fraction of sp³-hybridized carbons (Fsp3) is 0.111. The summed E-state index contributed by atoms with van der Waals surface area (Å²) in [6.45, 7) is -0.000991. The molecule has 0 fully saturated rings. The lowest BCUT2D eigenvalue weighted by Crippen LogP contribution is -2.24. The molecule has 0 aliphatic rings. The number of benzene rings is 1.